The minimum atomic E-state index is -0.281. The second kappa shape index (κ2) is 5.53. The lowest BCUT2D eigenvalue weighted by molar-refractivity contribution is -0.685. The molecule has 0 fully saturated rings. The lowest BCUT2D eigenvalue weighted by Gasteiger charge is -2.04. The first-order valence-corrected chi connectivity index (χ1v) is 6.45. The Balaban J connectivity index is 1.74. The standard InChI is InChI=1S/C17H14NO2/c19-17(13-18-10-4-1-5-11-18)20-16-9-8-14-6-2-3-7-15(14)12-16/h1-12H,13H2/q+1. The predicted molar refractivity (Wildman–Crippen MR) is 76.2 cm³/mol. The molecule has 3 rings (SSSR count). The van der Waals surface area contributed by atoms with Crippen molar-refractivity contribution in [3.05, 3.63) is 73.1 Å². The highest BCUT2D eigenvalue weighted by Gasteiger charge is 2.11. The van der Waals surface area contributed by atoms with E-state index in [9.17, 15) is 4.79 Å². The largest absolute Gasteiger partial charge is 0.422 e. The van der Waals surface area contributed by atoms with Gasteiger partial charge in [0, 0.05) is 12.1 Å². The Kier molecular flexibility index (Phi) is 3.42. The normalized spacial score (nSPS) is 10.4. The average Bonchev–Trinajstić information content (AvgIpc) is 2.48. The van der Waals surface area contributed by atoms with Gasteiger partial charge in [0.15, 0.2) is 12.4 Å². The average molecular weight is 264 g/mol. The Morgan fingerprint density at radius 3 is 2.45 bits per heavy atom. The van der Waals surface area contributed by atoms with E-state index in [2.05, 4.69) is 0 Å². The molecule has 0 radical (unpaired) electrons. The highest BCUT2D eigenvalue weighted by molar-refractivity contribution is 5.84. The van der Waals surface area contributed by atoms with Crippen LogP contribution in [-0.4, -0.2) is 5.97 Å². The van der Waals surface area contributed by atoms with Crippen LogP contribution in [0.5, 0.6) is 5.75 Å². The molecule has 3 nitrogen and oxygen atoms in total. The van der Waals surface area contributed by atoms with Crippen molar-refractivity contribution < 1.29 is 14.1 Å². The van der Waals surface area contributed by atoms with Gasteiger partial charge in [-0.15, -0.1) is 0 Å². The van der Waals surface area contributed by atoms with Crippen LogP contribution >= 0.6 is 0 Å². The van der Waals surface area contributed by atoms with E-state index in [-0.39, 0.29) is 12.5 Å². The zero-order valence-electron chi connectivity index (χ0n) is 10.9. The third-order valence-electron chi connectivity index (χ3n) is 3.04. The van der Waals surface area contributed by atoms with Crippen LogP contribution in [0.15, 0.2) is 73.1 Å². The van der Waals surface area contributed by atoms with E-state index < -0.39 is 0 Å². The number of ether oxygens (including phenoxy) is 1. The number of fused-ring (bicyclic) bond motifs is 1. The smallest absolute Gasteiger partial charge is 0.378 e. The van der Waals surface area contributed by atoms with Crippen LogP contribution in [0.4, 0.5) is 0 Å². The van der Waals surface area contributed by atoms with Crippen molar-refractivity contribution in [2.75, 3.05) is 0 Å². The van der Waals surface area contributed by atoms with Gasteiger partial charge < -0.3 is 4.74 Å². The number of pyridine rings is 1. The molecule has 0 aliphatic rings. The molecular weight excluding hydrogens is 250 g/mol. The predicted octanol–water partition coefficient (Wildman–Crippen LogP) is 2.73. The van der Waals surface area contributed by atoms with Crippen LogP contribution < -0.4 is 9.30 Å². The van der Waals surface area contributed by atoms with Gasteiger partial charge in [-0.25, -0.2) is 4.79 Å². The van der Waals surface area contributed by atoms with Gasteiger partial charge in [-0.1, -0.05) is 36.4 Å². The van der Waals surface area contributed by atoms with Gasteiger partial charge in [0.05, 0.1) is 0 Å². The number of rotatable bonds is 3. The van der Waals surface area contributed by atoms with E-state index in [1.807, 2.05) is 73.1 Å². The van der Waals surface area contributed by atoms with Crippen LogP contribution in [0.2, 0.25) is 0 Å². The molecule has 0 N–H and O–H groups in total. The summed E-state index contributed by atoms with van der Waals surface area (Å²) in [6, 6.07) is 19.3. The molecule has 0 aliphatic heterocycles. The molecule has 1 heterocycles. The summed E-state index contributed by atoms with van der Waals surface area (Å²) >= 11 is 0. The highest BCUT2D eigenvalue weighted by Crippen LogP contribution is 2.20. The number of carbonyl (C=O) groups is 1. The molecular formula is C17H14NO2+. The minimum absolute atomic E-state index is 0.202. The van der Waals surface area contributed by atoms with Gasteiger partial charge >= 0.3 is 5.97 Å². The first kappa shape index (κ1) is 12.4. The number of carbonyl (C=O) groups excluding carboxylic acids is 1. The molecule has 20 heavy (non-hydrogen) atoms. The van der Waals surface area contributed by atoms with Crippen molar-refractivity contribution in [3.63, 3.8) is 0 Å². The third kappa shape index (κ3) is 2.83. The maximum absolute atomic E-state index is 11.9. The van der Waals surface area contributed by atoms with Crippen LogP contribution in [0.3, 0.4) is 0 Å². The van der Waals surface area contributed by atoms with Gasteiger partial charge in [0.2, 0.25) is 6.54 Å². The Labute approximate surface area is 117 Å². The minimum Gasteiger partial charge on any atom is -0.422 e. The molecule has 2 aromatic carbocycles. The molecule has 0 amide bonds. The van der Waals surface area contributed by atoms with E-state index in [0.717, 1.165) is 10.8 Å². The van der Waals surface area contributed by atoms with Crippen LogP contribution in [0.25, 0.3) is 10.8 Å². The molecule has 0 spiro atoms. The number of esters is 1. The molecule has 3 heteroatoms. The number of hydrogen-bond acceptors (Lipinski definition) is 2. The first-order valence-electron chi connectivity index (χ1n) is 6.45. The zero-order valence-corrected chi connectivity index (χ0v) is 10.9. The lowest BCUT2D eigenvalue weighted by Crippen LogP contribution is -2.38. The zero-order chi connectivity index (χ0) is 13.8. The highest BCUT2D eigenvalue weighted by atomic mass is 16.5. The second-order valence-corrected chi connectivity index (χ2v) is 4.53. The van der Waals surface area contributed by atoms with E-state index in [4.69, 9.17) is 4.74 Å². The summed E-state index contributed by atoms with van der Waals surface area (Å²) in [5.74, 6) is 0.293. The van der Waals surface area contributed by atoms with Crippen molar-refractivity contribution in [1.29, 1.82) is 0 Å². The van der Waals surface area contributed by atoms with Crippen LogP contribution in [-0.2, 0) is 11.3 Å². The van der Waals surface area contributed by atoms with E-state index >= 15 is 0 Å². The van der Waals surface area contributed by atoms with Gasteiger partial charge in [0.1, 0.15) is 5.75 Å². The quantitative estimate of drug-likeness (QED) is 0.413. The van der Waals surface area contributed by atoms with Crippen LogP contribution in [0.1, 0.15) is 0 Å². The van der Waals surface area contributed by atoms with E-state index in [1.54, 1.807) is 4.57 Å². The van der Waals surface area contributed by atoms with Gasteiger partial charge in [-0.3, -0.25) is 0 Å². The first-order chi connectivity index (χ1) is 9.81. The molecule has 3 aromatic rings. The summed E-state index contributed by atoms with van der Waals surface area (Å²) in [6.07, 6.45) is 3.67. The Morgan fingerprint density at radius 1 is 0.900 bits per heavy atom. The van der Waals surface area contributed by atoms with Crippen molar-refractivity contribution in [1.82, 2.24) is 0 Å². The molecule has 0 saturated heterocycles. The molecule has 0 saturated carbocycles. The van der Waals surface area contributed by atoms with E-state index in [1.165, 1.54) is 0 Å². The Hall–Kier alpha value is -2.68. The van der Waals surface area contributed by atoms with E-state index in [0.29, 0.717) is 5.75 Å². The molecule has 1 aromatic heterocycles. The fourth-order valence-electron chi connectivity index (χ4n) is 2.08. The number of nitrogens with zero attached hydrogens (tertiary/aromatic N) is 1. The summed E-state index contributed by atoms with van der Waals surface area (Å²) in [5.41, 5.74) is 0. The van der Waals surface area contributed by atoms with Gasteiger partial charge in [-0.05, 0) is 22.9 Å². The Morgan fingerprint density at radius 2 is 1.65 bits per heavy atom. The molecule has 0 atom stereocenters. The Bertz CT molecular complexity index is 738. The maximum atomic E-state index is 11.9. The van der Waals surface area contributed by atoms with Crippen molar-refractivity contribution in [3.8, 4) is 5.75 Å². The monoisotopic (exact) mass is 264 g/mol. The summed E-state index contributed by atoms with van der Waals surface area (Å²) in [4.78, 5) is 11.9. The molecule has 0 bridgehead atoms. The lowest BCUT2D eigenvalue weighted by atomic mass is 10.1. The molecule has 98 valence electrons. The summed E-state index contributed by atoms with van der Waals surface area (Å²) in [7, 11) is 0. The van der Waals surface area contributed by atoms with Crippen LogP contribution in [0, 0.1) is 0 Å². The summed E-state index contributed by atoms with van der Waals surface area (Å²) in [5, 5.41) is 2.19. The van der Waals surface area contributed by atoms with Gasteiger partial charge in [0.25, 0.3) is 0 Å². The number of aromatic nitrogens is 1. The van der Waals surface area contributed by atoms with Crippen molar-refractivity contribution >= 4 is 16.7 Å². The van der Waals surface area contributed by atoms with Gasteiger partial charge in [-0.2, -0.15) is 4.57 Å². The second-order valence-electron chi connectivity index (χ2n) is 4.53. The fraction of sp³-hybridized carbons (Fsp3) is 0.0588. The number of benzene rings is 2. The topological polar surface area (TPSA) is 30.2 Å². The SMILES string of the molecule is O=C(C[n+]1ccccc1)Oc1ccc2ccccc2c1. The summed E-state index contributed by atoms with van der Waals surface area (Å²) in [6.45, 7) is 0.202. The third-order valence-corrected chi connectivity index (χ3v) is 3.04. The molecule has 0 unspecified atom stereocenters. The fourth-order valence-corrected chi connectivity index (χ4v) is 2.08. The number of hydrogen-bond donors (Lipinski definition) is 0. The van der Waals surface area contributed by atoms with Crippen molar-refractivity contribution in [2.24, 2.45) is 0 Å². The van der Waals surface area contributed by atoms with Crippen molar-refractivity contribution in [2.45, 2.75) is 6.54 Å². The molecule has 0 aliphatic carbocycles. The maximum Gasteiger partial charge on any atom is 0.378 e. The summed E-state index contributed by atoms with van der Waals surface area (Å²) < 4.78 is 7.15.